The number of hydrazone groups is 1. The fourth-order valence-electron chi connectivity index (χ4n) is 0.675. The van der Waals surface area contributed by atoms with E-state index in [1.807, 2.05) is 0 Å². The first-order valence-corrected chi connectivity index (χ1v) is 3.98. The van der Waals surface area contributed by atoms with Gasteiger partial charge < -0.3 is 5.73 Å². The van der Waals surface area contributed by atoms with Gasteiger partial charge in [-0.25, -0.2) is 9.97 Å². The number of nitrogens with zero attached hydrogens (tertiary/aromatic N) is 3. The molecule has 0 aliphatic rings. The fourth-order valence-corrected chi connectivity index (χ4v) is 0.721. The molecule has 13 heavy (non-hydrogen) atoms. The number of hydrogen-bond acceptors (Lipinski definition) is 4. The van der Waals surface area contributed by atoms with Crippen LogP contribution in [0, 0.1) is 0 Å². The van der Waals surface area contributed by atoms with Gasteiger partial charge in [0.1, 0.15) is 5.71 Å². The Morgan fingerprint density at radius 2 is 2.15 bits per heavy atom. The summed E-state index contributed by atoms with van der Waals surface area (Å²) in [6.07, 6.45) is 3.28. The molecule has 68 valence electrons. The monoisotopic (exact) mass is 195 g/mol. The molecule has 0 fully saturated rings. The van der Waals surface area contributed by atoms with Gasteiger partial charge in [0.15, 0.2) is 10.9 Å². The van der Waals surface area contributed by atoms with Gasteiger partial charge in [-0.1, -0.05) is 0 Å². The van der Waals surface area contributed by atoms with Gasteiger partial charge in [-0.2, -0.15) is 5.10 Å². The molecule has 0 amide bonds. The lowest BCUT2D eigenvalue weighted by molar-refractivity contribution is 1.01. The normalized spacial score (nSPS) is 11.0. The highest BCUT2D eigenvalue weighted by Gasteiger charge is 1.97. The number of aromatic nitrogens is 2. The number of rotatable bonds is 2. The first kappa shape index (κ1) is 9.53. The predicted octanol–water partition coefficient (Wildman–Crippen LogP) is 0.0338. The van der Waals surface area contributed by atoms with E-state index in [1.54, 1.807) is 25.4 Å². The molecule has 1 aromatic heterocycles. The smallest absolute Gasteiger partial charge is 0.184 e. The van der Waals surface area contributed by atoms with Crippen molar-refractivity contribution in [3.05, 3.63) is 24.3 Å². The Labute approximate surface area is 81.1 Å². The molecule has 0 radical (unpaired) electrons. The van der Waals surface area contributed by atoms with Gasteiger partial charge in [0, 0.05) is 12.4 Å². The average molecular weight is 195 g/mol. The fraction of sp³-hybridized carbons (Fsp3) is 0.143. The maximum Gasteiger partial charge on any atom is 0.184 e. The Morgan fingerprint density at radius 3 is 2.69 bits per heavy atom. The zero-order valence-corrected chi connectivity index (χ0v) is 7.88. The number of nitrogens with two attached hydrogens (primary N) is 1. The molecule has 6 heteroatoms. The summed E-state index contributed by atoms with van der Waals surface area (Å²) in [5.41, 5.74) is 8.28. The van der Waals surface area contributed by atoms with Crippen LogP contribution in [0.1, 0.15) is 12.7 Å². The Morgan fingerprint density at radius 1 is 1.54 bits per heavy atom. The first-order chi connectivity index (χ1) is 6.20. The van der Waals surface area contributed by atoms with E-state index in [1.165, 1.54) is 0 Å². The quantitative estimate of drug-likeness (QED) is 0.395. The van der Waals surface area contributed by atoms with Crippen molar-refractivity contribution in [2.24, 2.45) is 10.8 Å². The van der Waals surface area contributed by atoms with Crippen molar-refractivity contribution in [1.82, 2.24) is 15.4 Å². The van der Waals surface area contributed by atoms with Crippen molar-refractivity contribution < 1.29 is 0 Å². The Hall–Kier alpha value is -1.56. The van der Waals surface area contributed by atoms with Crippen LogP contribution in [-0.2, 0) is 0 Å². The van der Waals surface area contributed by atoms with Gasteiger partial charge in [-0.15, -0.1) is 0 Å². The van der Waals surface area contributed by atoms with Crippen LogP contribution in [0.25, 0.3) is 0 Å². The van der Waals surface area contributed by atoms with Crippen LogP contribution in [0.15, 0.2) is 23.6 Å². The van der Waals surface area contributed by atoms with Crippen LogP contribution in [0.2, 0.25) is 0 Å². The van der Waals surface area contributed by atoms with E-state index in [9.17, 15) is 0 Å². The van der Waals surface area contributed by atoms with Crippen LogP contribution in [-0.4, -0.2) is 20.8 Å². The van der Waals surface area contributed by atoms with Gasteiger partial charge in [0.2, 0.25) is 0 Å². The maximum atomic E-state index is 5.19. The lowest BCUT2D eigenvalue weighted by atomic mass is 10.4. The Kier molecular flexibility index (Phi) is 3.27. The average Bonchev–Trinajstić information content (AvgIpc) is 2.15. The molecule has 0 atom stereocenters. The zero-order chi connectivity index (χ0) is 9.68. The van der Waals surface area contributed by atoms with Gasteiger partial charge >= 0.3 is 0 Å². The van der Waals surface area contributed by atoms with E-state index in [0.29, 0.717) is 11.5 Å². The van der Waals surface area contributed by atoms with E-state index in [2.05, 4.69) is 32.7 Å². The van der Waals surface area contributed by atoms with Gasteiger partial charge in [-0.05, 0) is 25.2 Å². The molecular formula is C7H9N5S. The van der Waals surface area contributed by atoms with Crippen molar-refractivity contribution in [3.63, 3.8) is 0 Å². The third-order valence-electron chi connectivity index (χ3n) is 1.22. The molecule has 0 saturated carbocycles. The second-order valence-corrected chi connectivity index (χ2v) is 2.69. The molecule has 0 bridgehead atoms. The summed E-state index contributed by atoms with van der Waals surface area (Å²) in [4.78, 5) is 7.98. The van der Waals surface area contributed by atoms with Crippen LogP contribution < -0.4 is 11.2 Å². The topological polar surface area (TPSA) is 76.2 Å². The third-order valence-corrected chi connectivity index (χ3v) is 1.31. The highest BCUT2D eigenvalue weighted by atomic mass is 32.1. The zero-order valence-electron chi connectivity index (χ0n) is 7.06. The van der Waals surface area contributed by atoms with E-state index >= 15 is 0 Å². The van der Waals surface area contributed by atoms with Gasteiger partial charge in [0.05, 0.1) is 0 Å². The number of nitrogens with one attached hydrogen (secondary N) is 1. The molecule has 0 unspecified atom stereocenters. The molecule has 1 rings (SSSR count). The lowest BCUT2D eigenvalue weighted by Gasteiger charge is -1.98. The summed E-state index contributed by atoms with van der Waals surface area (Å²) >= 11 is 4.58. The molecule has 0 aromatic carbocycles. The highest BCUT2D eigenvalue weighted by molar-refractivity contribution is 7.80. The Bertz CT molecular complexity index is 321. The molecule has 0 aliphatic carbocycles. The second-order valence-electron chi connectivity index (χ2n) is 2.25. The SMILES string of the molecule is C/C(=N\NC(N)=S)c1ncccn1. The molecule has 1 heterocycles. The summed E-state index contributed by atoms with van der Waals surface area (Å²) in [5.74, 6) is 0.547. The van der Waals surface area contributed by atoms with Crippen LogP contribution in [0.3, 0.4) is 0 Å². The number of hydrogen-bond donors (Lipinski definition) is 2. The molecule has 1 aromatic rings. The summed E-state index contributed by atoms with van der Waals surface area (Å²) < 4.78 is 0. The number of thiocarbonyl (C=S) groups is 1. The predicted molar refractivity (Wildman–Crippen MR) is 54.2 cm³/mol. The van der Waals surface area contributed by atoms with Gasteiger partial charge in [-0.3, -0.25) is 5.43 Å². The summed E-state index contributed by atoms with van der Waals surface area (Å²) in [6, 6.07) is 1.73. The Balaban J connectivity index is 2.73. The molecule has 3 N–H and O–H groups in total. The van der Waals surface area contributed by atoms with Crippen LogP contribution in [0.5, 0.6) is 0 Å². The summed E-state index contributed by atoms with van der Waals surface area (Å²) in [6.45, 7) is 1.76. The van der Waals surface area contributed by atoms with Gasteiger partial charge in [0.25, 0.3) is 0 Å². The highest BCUT2D eigenvalue weighted by Crippen LogP contribution is 1.89. The van der Waals surface area contributed by atoms with E-state index in [-0.39, 0.29) is 5.11 Å². The molecule has 5 nitrogen and oxygen atoms in total. The lowest BCUT2D eigenvalue weighted by Crippen LogP contribution is -2.25. The largest absolute Gasteiger partial charge is 0.375 e. The van der Waals surface area contributed by atoms with Crippen molar-refractivity contribution >= 4 is 23.0 Å². The van der Waals surface area contributed by atoms with E-state index in [0.717, 1.165) is 0 Å². The molecule has 0 saturated heterocycles. The van der Waals surface area contributed by atoms with Crippen LogP contribution >= 0.6 is 12.2 Å². The summed E-state index contributed by atoms with van der Waals surface area (Å²) in [7, 11) is 0. The minimum absolute atomic E-state index is 0.121. The molecule has 0 spiro atoms. The minimum Gasteiger partial charge on any atom is -0.375 e. The maximum absolute atomic E-state index is 5.19. The van der Waals surface area contributed by atoms with Crippen molar-refractivity contribution in [2.45, 2.75) is 6.92 Å². The molecule has 0 aliphatic heterocycles. The van der Waals surface area contributed by atoms with Crippen molar-refractivity contribution in [3.8, 4) is 0 Å². The van der Waals surface area contributed by atoms with E-state index in [4.69, 9.17) is 5.73 Å². The van der Waals surface area contributed by atoms with Crippen molar-refractivity contribution in [1.29, 1.82) is 0 Å². The van der Waals surface area contributed by atoms with Crippen LogP contribution in [0.4, 0.5) is 0 Å². The standard InChI is InChI=1S/C7H9N5S/c1-5(11-12-7(8)13)6-9-3-2-4-10-6/h2-4H,1H3,(H3,8,12,13)/b11-5+. The molecular weight excluding hydrogens is 186 g/mol. The van der Waals surface area contributed by atoms with Crippen molar-refractivity contribution in [2.75, 3.05) is 0 Å². The third kappa shape index (κ3) is 3.12. The minimum atomic E-state index is 0.121. The summed E-state index contributed by atoms with van der Waals surface area (Å²) in [5, 5.41) is 3.99. The first-order valence-electron chi connectivity index (χ1n) is 3.57. The second kappa shape index (κ2) is 4.46. The van der Waals surface area contributed by atoms with E-state index < -0.39 is 0 Å².